The summed E-state index contributed by atoms with van der Waals surface area (Å²) in [6.07, 6.45) is 1.96. The fourth-order valence-electron chi connectivity index (χ4n) is 2.06. The summed E-state index contributed by atoms with van der Waals surface area (Å²) >= 11 is 4.98. The van der Waals surface area contributed by atoms with E-state index in [2.05, 4.69) is 21.2 Å². The van der Waals surface area contributed by atoms with Gasteiger partial charge in [0.1, 0.15) is 0 Å². The molecular formula is C17H18BrNO2S. The summed E-state index contributed by atoms with van der Waals surface area (Å²) in [5, 5.41) is 2.93. The molecule has 22 heavy (non-hydrogen) atoms. The number of hydrogen-bond acceptors (Lipinski definition) is 3. The van der Waals surface area contributed by atoms with Crippen LogP contribution in [-0.4, -0.2) is 18.2 Å². The topological polar surface area (TPSA) is 46.2 Å². The molecule has 0 bridgehead atoms. The third-order valence-corrected chi connectivity index (χ3v) is 5.30. The van der Waals surface area contributed by atoms with Crippen molar-refractivity contribution in [2.75, 3.05) is 6.54 Å². The molecule has 1 N–H and O–H groups in total. The summed E-state index contributed by atoms with van der Waals surface area (Å²) in [5.74, 6) is 0.146. The van der Waals surface area contributed by atoms with Crippen molar-refractivity contribution in [1.29, 1.82) is 0 Å². The number of aryl methyl sites for hydroxylation is 1. The second kappa shape index (κ2) is 8.25. The summed E-state index contributed by atoms with van der Waals surface area (Å²) in [4.78, 5) is 25.0. The number of halogens is 1. The molecule has 1 amide bonds. The van der Waals surface area contributed by atoms with Gasteiger partial charge in [-0.2, -0.15) is 0 Å². The molecule has 0 aliphatic rings. The van der Waals surface area contributed by atoms with Gasteiger partial charge in [-0.25, -0.2) is 0 Å². The van der Waals surface area contributed by atoms with Crippen LogP contribution in [0.1, 0.15) is 33.5 Å². The van der Waals surface area contributed by atoms with E-state index in [0.717, 1.165) is 32.6 Å². The molecule has 2 rings (SSSR count). The molecule has 0 spiro atoms. The van der Waals surface area contributed by atoms with Crippen molar-refractivity contribution in [1.82, 2.24) is 5.32 Å². The Kier molecular flexibility index (Phi) is 6.34. The summed E-state index contributed by atoms with van der Waals surface area (Å²) in [7, 11) is 0. The van der Waals surface area contributed by atoms with E-state index in [1.807, 2.05) is 36.4 Å². The summed E-state index contributed by atoms with van der Waals surface area (Å²) in [6.45, 7) is 2.17. The Morgan fingerprint density at radius 3 is 2.59 bits per heavy atom. The van der Waals surface area contributed by atoms with Gasteiger partial charge < -0.3 is 5.32 Å². The smallest absolute Gasteiger partial charge is 0.220 e. The quantitative estimate of drug-likeness (QED) is 0.738. The molecule has 0 atom stereocenters. The zero-order valence-corrected chi connectivity index (χ0v) is 14.8. The van der Waals surface area contributed by atoms with Gasteiger partial charge in [-0.1, -0.05) is 34.1 Å². The highest BCUT2D eigenvalue weighted by Gasteiger charge is 2.06. The monoisotopic (exact) mass is 379 g/mol. The number of carbonyl (C=O) groups is 2. The van der Waals surface area contributed by atoms with E-state index in [1.54, 1.807) is 6.92 Å². The standard InChI is InChI=1S/C17H18BrNO2S/c1-12(20)16-8-7-14(22-16)10-11-19-17(21)9-6-13-4-2-3-5-15(13)18/h2-5,7-8H,6,9-11H2,1H3,(H,19,21). The molecule has 2 aromatic rings. The number of amides is 1. The van der Waals surface area contributed by atoms with Gasteiger partial charge in [0.05, 0.1) is 4.88 Å². The van der Waals surface area contributed by atoms with E-state index in [4.69, 9.17) is 0 Å². The van der Waals surface area contributed by atoms with Crippen LogP contribution in [0.5, 0.6) is 0 Å². The van der Waals surface area contributed by atoms with Gasteiger partial charge in [0.25, 0.3) is 0 Å². The molecule has 0 fully saturated rings. The lowest BCUT2D eigenvalue weighted by atomic mass is 10.1. The fourth-order valence-corrected chi connectivity index (χ4v) is 3.45. The van der Waals surface area contributed by atoms with Crippen LogP contribution in [0.25, 0.3) is 0 Å². The minimum Gasteiger partial charge on any atom is -0.356 e. The molecule has 1 heterocycles. The van der Waals surface area contributed by atoms with E-state index in [9.17, 15) is 9.59 Å². The number of nitrogens with one attached hydrogen (secondary N) is 1. The minimum absolute atomic E-state index is 0.0547. The lowest BCUT2D eigenvalue weighted by Crippen LogP contribution is -2.25. The first kappa shape index (κ1) is 16.9. The summed E-state index contributed by atoms with van der Waals surface area (Å²) in [5.41, 5.74) is 1.14. The Balaban J connectivity index is 1.71. The lowest BCUT2D eigenvalue weighted by molar-refractivity contribution is -0.121. The molecular weight excluding hydrogens is 362 g/mol. The molecule has 1 aromatic heterocycles. The van der Waals surface area contributed by atoms with Gasteiger partial charge in [0.2, 0.25) is 5.91 Å². The Bertz CT molecular complexity index is 666. The highest BCUT2D eigenvalue weighted by Crippen LogP contribution is 2.18. The first-order valence-electron chi connectivity index (χ1n) is 7.16. The van der Waals surface area contributed by atoms with Crippen molar-refractivity contribution < 1.29 is 9.59 Å². The maximum absolute atomic E-state index is 11.9. The maximum Gasteiger partial charge on any atom is 0.220 e. The van der Waals surface area contributed by atoms with Crippen molar-refractivity contribution >= 4 is 39.0 Å². The Hall–Kier alpha value is -1.46. The Morgan fingerprint density at radius 2 is 1.91 bits per heavy atom. The van der Waals surface area contributed by atoms with E-state index in [-0.39, 0.29) is 11.7 Å². The zero-order chi connectivity index (χ0) is 15.9. The van der Waals surface area contributed by atoms with Crippen LogP contribution in [0.3, 0.4) is 0 Å². The van der Waals surface area contributed by atoms with E-state index >= 15 is 0 Å². The molecule has 0 aliphatic heterocycles. The van der Waals surface area contributed by atoms with Crippen LogP contribution in [0.2, 0.25) is 0 Å². The Morgan fingerprint density at radius 1 is 1.14 bits per heavy atom. The van der Waals surface area contributed by atoms with Gasteiger partial charge in [-0.3, -0.25) is 9.59 Å². The van der Waals surface area contributed by atoms with Crippen molar-refractivity contribution in [3.05, 3.63) is 56.2 Å². The predicted molar refractivity (Wildman–Crippen MR) is 93.5 cm³/mol. The SMILES string of the molecule is CC(=O)c1ccc(CCNC(=O)CCc2ccccc2Br)s1. The number of rotatable bonds is 7. The summed E-state index contributed by atoms with van der Waals surface area (Å²) < 4.78 is 1.04. The minimum atomic E-state index is 0.0547. The molecule has 0 saturated carbocycles. The molecule has 3 nitrogen and oxygen atoms in total. The van der Waals surface area contributed by atoms with Crippen molar-refractivity contribution in [2.45, 2.75) is 26.2 Å². The van der Waals surface area contributed by atoms with Crippen molar-refractivity contribution in [3.63, 3.8) is 0 Å². The second-order valence-corrected chi connectivity index (χ2v) is 7.04. The molecule has 5 heteroatoms. The molecule has 0 unspecified atom stereocenters. The number of hydrogen-bond donors (Lipinski definition) is 1. The van der Waals surface area contributed by atoms with Crippen LogP contribution in [-0.2, 0) is 17.6 Å². The maximum atomic E-state index is 11.9. The van der Waals surface area contributed by atoms with Crippen molar-refractivity contribution in [2.24, 2.45) is 0 Å². The van der Waals surface area contributed by atoms with E-state index in [1.165, 1.54) is 11.3 Å². The highest BCUT2D eigenvalue weighted by atomic mass is 79.9. The van der Waals surface area contributed by atoms with E-state index < -0.39 is 0 Å². The van der Waals surface area contributed by atoms with Crippen molar-refractivity contribution in [3.8, 4) is 0 Å². The van der Waals surface area contributed by atoms with Gasteiger partial charge in [-0.15, -0.1) is 11.3 Å². The first-order chi connectivity index (χ1) is 10.6. The average molecular weight is 380 g/mol. The average Bonchev–Trinajstić information content (AvgIpc) is 2.95. The molecule has 0 saturated heterocycles. The predicted octanol–water partition coefficient (Wildman–Crippen LogP) is 4.00. The summed E-state index contributed by atoms with van der Waals surface area (Å²) in [6, 6.07) is 11.7. The van der Waals surface area contributed by atoms with Gasteiger partial charge in [0, 0.05) is 22.3 Å². The normalized spacial score (nSPS) is 10.5. The number of ketones is 1. The highest BCUT2D eigenvalue weighted by molar-refractivity contribution is 9.10. The van der Waals surface area contributed by atoms with Gasteiger partial charge in [0.15, 0.2) is 5.78 Å². The number of carbonyl (C=O) groups excluding carboxylic acids is 2. The first-order valence-corrected chi connectivity index (χ1v) is 8.77. The molecule has 1 aromatic carbocycles. The fraction of sp³-hybridized carbons (Fsp3) is 0.294. The number of thiophene rings is 1. The van der Waals surface area contributed by atoms with Crippen LogP contribution in [0.4, 0.5) is 0 Å². The largest absolute Gasteiger partial charge is 0.356 e. The zero-order valence-electron chi connectivity index (χ0n) is 12.4. The van der Waals surface area contributed by atoms with Crippen LogP contribution in [0, 0.1) is 0 Å². The molecule has 0 aliphatic carbocycles. The molecule has 0 radical (unpaired) electrons. The van der Waals surface area contributed by atoms with Crippen LogP contribution in [0.15, 0.2) is 40.9 Å². The van der Waals surface area contributed by atoms with Crippen LogP contribution < -0.4 is 5.32 Å². The third kappa shape index (κ3) is 5.07. The molecule has 116 valence electrons. The number of Topliss-reactive ketones (excluding diaryl/α,β-unsaturated/α-hetero) is 1. The third-order valence-electron chi connectivity index (χ3n) is 3.28. The lowest BCUT2D eigenvalue weighted by Gasteiger charge is -2.06. The van der Waals surface area contributed by atoms with Gasteiger partial charge >= 0.3 is 0 Å². The van der Waals surface area contributed by atoms with Gasteiger partial charge in [-0.05, 0) is 43.5 Å². The van der Waals surface area contributed by atoms with E-state index in [0.29, 0.717) is 13.0 Å². The Labute approximate surface area is 142 Å². The van der Waals surface area contributed by atoms with Crippen LogP contribution >= 0.6 is 27.3 Å². The second-order valence-electron chi connectivity index (χ2n) is 5.01. The number of benzene rings is 1.